The van der Waals surface area contributed by atoms with Gasteiger partial charge in [-0.2, -0.15) is 0 Å². The molecule has 4 aromatic carbocycles. The molecular formula is C45H47BN4O3. The number of hydrogen-bond acceptors (Lipinski definition) is 7. The van der Waals surface area contributed by atoms with Crippen molar-refractivity contribution in [2.24, 2.45) is 0 Å². The van der Waals surface area contributed by atoms with E-state index < -0.39 is 0 Å². The smallest absolute Gasteiger partial charge is 0.197 e. The third-order valence-electron chi connectivity index (χ3n) is 10.4. The minimum atomic E-state index is -0.263. The van der Waals surface area contributed by atoms with Gasteiger partial charge >= 0.3 is 0 Å². The summed E-state index contributed by atoms with van der Waals surface area (Å²) in [6.07, 6.45) is 3.64. The lowest BCUT2D eigenvalue weighted by atomic mass is 9.91. The molecule has 0 saturated heterocycles. The highest BCUT2D eigenvalue weighted by molar-refractivity contribution is 6.41. The predicted molar refractivity (Wildman–Crippen MR) is 219 cm³/mol. The van der Waals surface area contributed by atoms with Crippen molar-refractivity contribution in [1.29, 1.82) is 0 Å². The van der Waals surface area contributed by atoms with Gasteiger partial charge in [-0.05, 0) is 70.2 Å². The second kappa shape index (κ2) is 13.8. The van der Waals surface area contributed by atoms with Gasteiger partial charge in [0.2, 0.25) is 0 Å². The molecule has 1 aliphatic heterocycles. The number of aromatic nitrogens is 2. The van der Waals surface area contributed by atoms with Gasteiger partial charge in [0, 0.05) is 17.2 Å². The number of allylic oxidation sites excluding steroid dienone is 3. The summed E-state index contributed by atoms with van der Waals surface area (Å²) in [6.45, 7) is 17.7. The number of Topliss-reactive ketones (excluding diaryl/α,β-unsaturated/α-hetero) is 2. The van der Waals surface area contributed by atoms with E-state index in [9.17, 15) is 9.59 Å². The highest BCUT2D eigenvalue weighted by Gasteiger charge is 2.41. The van der Waals surface area contributed by atoms with Gasteiger partial charge in [-0.1, -0.05) is 115 Å². The molecule has 1 aliphatic carbocycles. The number of carbonyl (C=O) groups is 2. The Labute approximate surface area is 313 Å². The van der Waals surface area contributed by atoms with Crippen molar-refractivity contribution < 1.29 is 14.3 Å². The minimum absolute atomic E-state index is 0.146. The van der Waals surface area contributed by atoms with Crippen molar-refractivity contribution in [2.45, 2.75) is 79.1 Å². The molecule has 2 heterocycles. The molecular weight excluding hydrogens is 655 g/mol. The Morgan fingerprint density at radius 2 is 1.09 bits per heavy atom. The number of fused-ring (bicyclic) bond motifs is 3. The van der Waals surface area contributed by atoms with Crippen molar-refractivity contribution in [3.63, 3.8) is 0 Å². The van der Waals surface area contributed by atoms with Crippen molar-refractivity contribution in [2.75, 3.05) is 16.9 Å². The SMILES string of the molecule is Bc1ccc2c(c1)C(=O)/C(=C/C=C1/N(c3c(C(C)C)cccc3C(C)C)c3nc4ccc(OC)cc4nc3N1c1c(C(C)C)cccc1C(C)C)C2=O. The summed E-state index contributed by atoms with van der Waals surface area (Å²) in [5, 5.41) is 0. The van der Waals surface area contributed by atoms with E-state index in [1.807, 2.05) is 44.3 Å². The molecule has 0 saturated carbocycles. The predicted octanol–water partition coefficient (Wildman–Crippen LogP) is 9.53. The fourth-order valence-electron chi connectivity index (χ4n) is 7.64. The van der Waals surface area contributed by atoms with Crippen LogP contribution < -0.4 is 20.0 Å². The van der Waals surface area contributed by atoms with E-state index in [4.69, 9.17) is 14.7 Å². The van der Waals surface area contributed by atoms with Crippen molar-refractivity contribution in [3.8, 4) is 5.75 Å². The molecule has 2 aliphatic rings. The van der Waals surface area contributed by atoms with Crippen molar-refractivity contribution >= 4 is 58.9 Å². The van der Waals surface area contributed by atoms with Gasteiger partial charge in [0.15, 0.2) is 23.2 Å². The molecule has 53 heavy (non-hydrogen) atoms. The van der Waals surface area contributed by atoms with Crippen LogP contribution in [0.2, 0.25) is 0 Å². The first-order valence-corrected chi connectivity index (χ1v) is 18.7. The molecule has 7 rings (SSSR count). The summed E-state index contributed by atoms with van der Waals surface area (Å²) in [5.41, 5.74) is 10.1. The van der Waals surface area contributed by atoms with E-state index in [1.165, 1.54) is 0 Å². The zero-order valence-corrected chi connectivity index (χ0v) is 32.4. The summed E-state index contributed by atoms with van der Waals surface area (Å²) in [5.74, 6) is 2.99. The largest absolute Gasteiger partial charge is 0.497 e. The summed E-state index contributed by atoms with van der Waals surface area (Å²) in [4.78, 5) is 43.0. The number of carbonyl (C=O) groups excluding carboxylic acids is 2. The number of nitrogens with zero attached hydrogens (tertiary/aromatic N) is 4. The summed E-state index contributed by atoms with van der Waals surface area (Å²) < 4.78 is 5.62. The maximum atomic E-state index is 13.9. The van der Waals surface area contributed by atoms with E-state index in [-0.39, 0.29) is 40.8 Å². The molecule has 0 N–H and O–H groups in total. The summed E-state index contributed by atoms with van der Waals surface area (Å²) in [6, 6.07) is 24.2. The fourth-order valence-corrected chi connectivity index (χ4v) is 7.64. The van der Waals surface area contributed by atoms with Gasteiger partial charge < -0.3 is 4.74 Å². The lowest BCUT2D eigenvalue weighted by molar-refractivity contribution is 0.0988. The Kier molecular flexibility index (Phi) is 9.35. The number of benzene rings is 4. The first kappa shape index (κ1) is 35.9. The number of para-hydroxylation sites is 2. The van der Waals surface area contributed by atoms with Gasteiger partial charge in [0.25, 0.3) is 0 Å². The maximum absolute atomic E-state index is 13.9. The lowest BCUT2D eigenvalue weighted by Crippen LogP contribution is -2.26. The minimum Gasteiger partial charge on any atom is -0.497 e. The van der Waals surface area contributed by atoms with Crippen LogP contribution in [-0.2, 0) is 0 Å². The molecule has 1 aromatic heterocycles. The van der Waals surface area contributed by atoms with E-state index >= 15 is 0 Å². The van der Waals surface area contributed by atoms with Crippen LogP contribution in [0.3, 0.4) is 0 Å². The van der Waals surface area contributed by atoms with Crippen LogP contribution in [0.1, 0.15) is 122 Å². The summed E-state index contributed by atoms with van der Waals surface area (Å²) >= 11 is 0. The standard InChI is InChI=1S/C45H47BN4O3/c1-24(2)30-12-10-13-31(25(3)4)40(30)49-39(21-19-35-42(51)34-18-16-28(46)22-36(34)43(35)52)50(41-32(26(5)6)14-11-15-33(41)27(7)8)45-44(49)47-37-20-17-29(53-9)23-38(37)48-45/h10-27H,46H2,1-9H3/b35-19+,39-21-. The molecule has 0 unspecified atom stereocenters. The molecule has 0 fully saturated rings. The number of ether oxygens (including phenoxy) is 1. The van der Waals surface area contributed by atoms with Gasteiger partial charge in [0.1, 0.15) is 19.4 Å². The van der Waals surface area contributed by atoms with Crippen LogP contribution in [0.15, 0.2) is 96.3 Å². The number of hydrogen-bond donors (Lipinski definition) is 0. The van der Waals surface area contributed by atoms with E-state index in [0.717, 1.165) is 50.4 Å². The number of anilines is 4. The van der Waals surface area contributed by atoms with E-state index in [1.54, 1.807) is 19.3 Å². The number of methoxy groups -OCH3 is 1. The molecule has 8 heteroatoms. The quantitative estimate of drug-likeness (QED) is 0.0906. The highest BCUT2D eigenvalue weighted by atomic mass is 16.5. The number of ketones is 2. The maximum Gasteiger partial charge on any atom is 0.197 e. The van der Waals surface area contributed by atoms with Gasteiger partial charge in [-0.15, -0.1) is 0 Å². The van der Waals surface area contributed by atoms with Gasteiger partial charge in [-0.25, -0.2) is 9.97 Å². The van der Waals surface area contributed by atoms with E-state index in [2.05, 4.69) is 102 Å². The molecule has 5 aromatic rings. The Morgan fingerprint density at radius 3 is 1.58 bits per heavy atom. The third-order valence-corrected chi connectivity index (χ3v) is 10.4. The molecule has 0 bridgehead atoms. The van der Waals surface area contributed by atoms with Gasteiger partial charge in [0.05, 0.1) is 35.1 Å². The molecule has 7 nitrogen and oxygen atoms in total. The van der Waals surface area contributed by atoms with Crippen LogP contribution in [0.4, 0.5) is 23.0 Å². The summed E-state index contributed by atoms with van der Waals surface area (Å²) in [7, 11) is 3.59. The second-order valence-corrected chi connectivity index (χ2v) is 15.4. The average Bonchev–Trinajstić information content (AvgIpc) is 3.56. The first-order valence-electron chi connectivity index (χ1n) is 18.7. The normalized spacial score (nSPS) is 15.7. The Bertz CT molecular complexity index is 2320. The van der Waals surface area contributed by atoms with Crippen LogP contribution in [0.25, 0.3) is 11.0 Å². The molecule has 0 spiro atoms. The lowest BCUT2D eigenvalue weighted by Gasteiger charge is -2.32. The van der Waals surface area contributed by atoms with Crippen molar-refractivity contribution in [1.82, 2.24) is 9.97 Å². The van der Waals surface area contributed by atoms with Gasteiger partial charge in [-0.3, -0.25) is 19.4 Å². The van der Waals surface area contributed by atoms with Crippen LogP contribution in [0, 0.1) is 0 Å². The number of rotatable bonds is 8. The monoisotopic (exact) mass is 702 g/mol. The topological polar surface area (TPSA) is 75.6 Å². The van der Waals surface area contributed by atoms with Crippen LogP contribution in [0.5, 0.6) is 5.75 Å². The Hall–Kier alpha value is -5.50. The van der Waals surface area contributed by atoms with Crippen LogP contribution >= 0.6 is 0 Å². The van der Waals surface area contributed by atoms with Crippen molar-refractivity contribution in [3.05, 3.63) is 130 Å². The average molecular weight is 703 g/mol. The highest BCUT2D eigenvalue weighted by Crippen LogP contribution is 2.54. The Morgan fingerprint density at radius 1 is 0.604 bits per heavy atom. The molecule has 0 atom stereocenters. The third kappa shape index (κ3) is 6.04. The second-order valence-electron chi connectivity index (χ2n) is 15.4. The van der Waals surface area contributed by atoms with Crippen LogP contribution in [-0.4, -0.2) is 36.5 Å². The zero-order chi connectivity index (χ0) is 37.9. The van der Waals surface area contributed by atoms with E-state index in [0.29, 0.717) is 34.0 Å². The molecule has 0 radical (unpaired) electrons. The Balaban J connectivity index is 1.62. The molecule has 268 valence electrons. The fraction of sp³-hybridized carbons (Fsp3) is 0.289. The first-order chi connectivity index (χ1) is 25.3. The zero-order valence-electron chi connectivity index (χ0n) is 32.4. The molecule has 0 amide bonds.